The number of carboxylic acid groups (broad SMARTS) is 1. The molecular formula is C13H23NO3. The summed E-state index contributed by atoms with van der Waals surface area (Å²) in [6.07, 6.45) is 7.34. The van der Waals surface area contributed by atoms with Crippen LogP contribution in [0.3, 0.4) is 0 Å². The predicted octanol–water partition coefficient (Wildman–Crippen LogP) is 2.33. The minimum Gasteiger partial charge on any atom is -0.481 e. The lowest BCUT2D eigenvalue weighted by Gasteiger charge is -2.18. The summed E-state index contributed by atoms with van der Waals surface area (Å²) in [4.78, 5) is 22.4. The van der Waals surface area contributed by atoms with Crippen molar-refractivity contribution in [1.82, 2.24) is 5.32 Å². The van der Waals surface area contributed by atoms with Crippen molar-refractivity contribution in [1.29, 1.82) is 0 Å². The second-order valence-corrected chi connectivity index (χ2v) is 5.03. The first kappa shape index (κ1) is 14.0. The van der Waals surface area contributed by atoms with Gasteiger partial charge < -0.3 is 10.4 Å². The Morgan fingerprint density at radius 1 is 1.24 bits per heavy atom. The number of hydrogen-bond acceptors (Lipinski definition) is 2. The van der Waals surface area contributed by atoms with E-state index in [9.17, 15) is 9.59 Å². The first-order valence-electron chi connectivity index (χ1n) is 6.61. The molecule has 1 fully saturated rings. The molecule has 0 aromatic heterocycles. The molecule has 0 spiro atoms. The molecule has 4 nitrogen and oxygen atoms in total. The van der Waals surface area contributed by atoms with E-state index in [1.165, 1.54) is 12.8 Å². The summed E-state index contributed by atoms with van der Waals surface area (Å²) in [6, 6.07) is -0.0400. The lowest BCUT2D eigenvalue weighted by atomic mass is 9.99. The highest BCUT2D eigenvalue weighted by molar-refractivity contribution is 5.79. The van der Waals surface area contributed by atoms with Crippen LogP contribution in [0.2, 0.25) is 0 Å². The van der Waals surface area contributed by atoms with Gasteiger partial charge in [-0.3, -0.25) is 9.59 Å². The molecule has 98 valence electrons. The van der Waals surface area contributed by atoms with Crippen LogP contribution >= 0.6 is 0 Å². The number of amides is 1. The first-order chi connectivity index (χ1) is 8.09. The fourth-order valence-corrected chi connectivity index (χ4v) is 2.31. The molecule has 17 heavy (non-hydrogen) atoms. The van der Waals surface area contributed by atoms with Crippen molar-refractivity contribution in [2.24, 2.45) is 5.92 Å². The Labute approximate surface area is 103 Å². The Morgan fingerprint density at radius 2 is 1.82 bits per heavy atom. The molecule has 1 aliphatic carbocycles. The van der Waals surface area contributed by atoms with Crippen molar-refractivity contribution in [3.05, 3.63) is 0 Å². The van der Waals surface area contributed by atoms with Crippen molar-refractivity contribution >= 4 is 11.9 Å². The van der Waals surface area contributed by atoms with Crippen LogP contribution < -0.4 is 5.32 Å². The number of hydrogen-bond donors (Lipinski definition) is 2. The van der Waals surface area contributed by atoms with E-state index in [1.54, 1.807) is 0 Å². The molecule has 1 amide bonds. The van der Waals surface area contributed by atoms with E-state index in [2.05, 4.69) is 5.32 Å². The second-order valence-electron chi connectivity index (χ2n) is 5.03. The van der Waals surface area contributed by atoms with E-state index in [0.717, 1.165) is 25.7 Å². The average Bonchev–Trinajstić information content (AvgIpc) is 2.54. The molecule has 1 aliphatic rings. The molecule has 0 heterocycles. The van der Waals surface area contributed by atoms with Gasteiger partial charge in [-0.25, -0.2) is 0 Å². The van der Waals surface area contributed by atoms with Gasteiger partial charge in [-0.2, -0.15) is 0 Å². The molecule has 1 rings (SSSR count). The lowest BCUT2D eigenvalue weighted by molar-refractivity contribution is -0.137. The summed E-state index contributed by atoms with van der Waals surface area (Å²) in [6.45, 7) is 1.87. The fraction of sp³-hybridized carbons (Fsp3) is 0.846. The number of aliphatic carboxylic acids is 1. The van der Waals surface area contributed by atoms with Gasteiger partial charge in [0.1, 0.15) is 0 Å². The standard InChI is InChI=1S/C13H23NO3/c1-10(8-9-12(15)16)14-13(17)11-6-4-2-3-5-7-11/h10-11H,2-9H2,1H3,(H,14,17)(H,15,16). The Kier molecular flexibility index (Phi) is 6.01. The number of carbonyl (C=O) groups is 2. The van der Waals surface area contributed by atoms with Crippen molar-refractivity contribution < 1.29 is 14.7 Å². The molecule has 0 aromatic carbocycles. The number of nitrogens with one attached hydrogen (secondary N) is 1. The van der Waals surface area contributed by atoms with Crippen LogP contribution in [0.5, 0.6) is 0 Å². The maximum atomic E-state index is 11.9. The smallest absolute Gasteiger partial charge is 0.303 e. The summed E-state index contributed by atoms with van der Waals surface area (Å²) < 4.78 is 0. The number of carboxylic acids is 1. The fourth-order valence-electron chi connectivity index (χ4n) is 2.31. The number of carbonyl (C=O) groups excluding carboxylic acids is 1. The van der Waals surface area contributed by atoms with E-state index in [0.29, 0.717) is 6.42 Å². The normalized spacial score (nSPS) is 19.4. The van der Waals surface area contributed by atoms with E-state index in [1.807, 2.05) is 6.92 Å². The van der Waals surface area contributed by atoms with E-state index >= 15 is 0 Å². The average molecular weight is 241 g/mol. The zero-order valence-corrected chi connectivity index (χ0v) is 10.6. The summed E-state index contributed by atoms with van der Waals surface area (Å²) in [5.41, 5.74) is 0. The van der Waals surface area contributed by atoms with E-state index < -0.39 is 5.97 Å². The molecule has 0 radical (unpaired) electrons. The van der Waals surface area contributed by atoms with Gasteiger partial charge >= 0.3 is 5.97 Å². The maximum Gasteiger partial charge on any atom is 0.303 e. The SMILES string of the molecule is CC(CCC(=O)O)NC(=O)C1CCCCCC1. The van der Waals surface area contributed by atoms with Crippen molar-refractivity contribution in [2.45, 2.75) is 64.3 Å². The third-order valence-corrected chi connectivity index (χ3v) is 3.41. The molecule has 0 aromatic rings. The predicted molar refractivity (Wildman–Crippen MR) is 65.7 cm³/mol. The molecule has 1 saturated carbocycles. The first-order valence-corrected chi connectivity index (χ1v) is 6.61. The lowest BCUT2D eigenvalue weighted by Crippen LogP contribution is -2.37. The summed E-state index contributed by atoms with van der Waals surface area (Å²) in [5.74, 6) is -0.546. The van der Waals surface area contributed by atoms with Gasteiger partial charge in [0.05, 0.1) is 0 Å². The Balaban J connectivity index is 2.28. The Bertz CT molecular complexity index is 257. The maximum absolute atomic E-state index is 11.9. The van der Waals surface area contributed by atoms with Crippen LogP contribution in [0.1, 0.15) is 58.3 Å². The monoisotopic (exact) mass is 241 g/mol. The molecule has 4 heteroatoms. The van der Waals surface area contributed by atoms with Gasteiger partial charge in [0.15, 0.2) is 0 Å². The quantitative estimate of drug-likeness (QED) is 0.726. The minimum absolute atomic E-state index is 0.0400. The summed E-state index contributed by atoms with van der Waals surface area (Å²) in [5, 5.41) is 11.5. The van der Waals surface area contributed by atoms with Crippen LogP contribution in [0.4, 0.5) is 0 Å². The zero-order chi connectivity index (χ0) is 12.7. The second kappa shape index (κ2) is 7.30. The highest BCUT2D eigenvalue weighted by Gasteiger charge is 2.21. The van der Waals surface area contributed by atoms with Gasteiger partial charge in [0.2, 0.25) is 5.91 Å². The van der Waals surface area contributed by atoms with Crippen molar-refractivity contribution in [3.8, 4) is 0 Å². The van der Waals surface area contributed by atoms with Crippen molar-refractivity contribution in [3.63, 3.8) is 0 Å². The Morgan fingerprint density at radius 3 is 2.35 bits per heavy atom. The molecular weight excluding hydrogens is 218 g/mol. The summed E-state index contributed by atoms with van der Waals surface area (Å²) in [7, 11) is 0. The molecule has 0 bridgehead atoms. The third kappa shape index (κ3) is 5.71. The zero-order valence-electron chi connectivity index (χ0n) is 10.6. The van der Waals surface area contributed by atoms with Crippen LogP contribution in [0.15, 0.2) is 0 Å². The largest absolute Gasteiger partial charge is 0.481 e. The van der Waals surface area contributed by atoms with Gasteiger partial charge in [0, 0.05) is 18.4 Å². The summed E-state index contributed by atoms with van der Waals surface area (Å²) >= 11 is 0. The molecule has 0 saturated heterocycles. The van der Waals surface area contributed by atoms with Crippen LogP contribution in [-0.4, -0.2) is 23.0 Å². The molecule has 0 aliphatic heterocycles. The molecule has 1 unspecified atom stereocenters. The van der Waals surface area contributed by atoms with Crippen LogP contribution in [-0.2, 0) is 9.59 Å². The van der Waals surface area contributed by atoms with Crippen LogP contribution in [0.25, 0.3) is 0 Å². The number of rotatable bonds is 5. The highest BCUT2D eigenvalue weighted by atomic mass is 16.4. The van der Waals surface area contributed by atoms with E-state index in [4.69, 9.17) is 5.11 Å². The third-order valence-electron chi connectivity index (χ3n) is 3.41. The molecule has 1 atom stereocenters. The molecule has 2 N–H and O–H groups in total. The van der Waals surface area contributed by atoms with Gasteiger partial charge in [-0.15, -0.1) is 0 Å². The van der Waals surface area contributed by atoms with Crippen molar-refractivity contribution in [2.75, 3.05) is 0 Å². The van der Waals surface area contributed by atoms with Gasteiger partial charge in [-0.1, -0.05) is 25.7 Å². The highest BCUT2D eigenvalue weighted by Crippen LogP contribution is 2.23. The van der Waals surface area contributed by atoms with Crippen LogP contribution in [0, 0.1) is 5.92 Å². The van der Waals surface area contributed by atoms with Gasteiger partial charge in [-0.05, 0) is 26.2 Å². The van der Waals surface area contributed by atoms with E-state index in [-0.39, 0.29) is 24.3 Å². The minimum atomic E-state index is -0.805. The Hall–Kier alpha value is -1.06. The topological polar surface area (TPSA) is 66.4 Å². The van der Waals surface area contributed by atoms with Gasteiger partial charge in [0.25, 0.3) is 0 Å².